The molecule has 0 spiro atoms. The minimum absolute atomic E-state index is 0.115. The van der Waals surface area contributed by atoms with E-state index in [9.17, 15) is 13.2 Å². The van der Waals surface area contributed by atoms with Gasteiger partial charge in [0.2, 0.25) is 10.0 Å². The van der Waals surface area contributed by atoms with E-state index in [2.05, 4.69) is 69.7 Å². The highest BCUT2D eigenvalue weighted by Gasteiger charge is 2.49. The number of hydrogen-bond acceptors (Lipinski definition) is 10. The number of amides is 1. The maximum absolute atomic E-state index is 13.7. The van der Waals surface area contributed by atoms with Crippen molar-refractivity contribution in [1.29, 1.82) is 0 Å². The Labute approximate surface area is 348 Å². The fourth-order valence-electron chi connectivity index (χ4n) is 9.85. The van der Waals surface area contributed by atoms with Crippen LogP contribution in [-0.2, 0) is 30.7 Å². The van der Waals surface area contributed by atoms with Crippen molar-refractivity contribution in [2.24, 2.45) is 17.8 Å². The number of fused-ring (bicyclic) bond motifs is 2. The van der Waals surface area contributed by atoms with Crippen molar-refractivity contribution in [3.05, 3.63) is 71.3 Å². The number of benzene rings is 2. The number of likely N-dealkylation sites (tertiary alicyclic amines) is 1. The number of ether oxygens (including phenoxy) is 4. The fourth-order valence-corrected chi connectivity index (χ4v) is 11.1. The predicted molar refractivity (Wildman–Crippen MR) is 231 cm³/mol. The Hall–Kier alpha value is -3.00. The zero-order valence-electron chi connectivity index (χ0n) is 36.0. The second-order valence-electron chi connectivity index (χ2n) is 17.2. The van der Waals surface area contributed by atoms with Crippen LogP contribution in [-0.4, -0.2) is 127 Å². The molecule has 2 aromatic carbocycles. The Morgan fingerprint density at radius 1 is 0.966 bits per heavy atom. The lowest BCUT2D eigenvalue weighted by Crippen LogP contribution is -2.58. The van der Waals surface area contributed by atoms with E-state index in [1.807, 2.05) is 19.1 Å². The van der Waals surface area contributed by atoms with Gasteiger partial charge in [0.1, 0.15) is 11.4 Å². The van der Waals surface area contributed by atoms with Gasteiger partial charge in [0.05, 0.1) is 30.8 Å². The lowest BCUT2D eigenvalue weighted by atomic mass is 9.63. The summed E-state index contributed by atoms with van der Waals surface area (Å²) >= 11 is 0. The number of anilines is 1. The molecule has 58 heavy (non-hydrogen) atoms. The number of carbonyl (C=O) groups excluding carboxylic acids is 1. The molecular weight excluding hydrogens is 753 g/mol. The van der Waals surface area contributed by atoms with Crippen LogP contribution < -0.4 is 14.4 Å². The molecule has 322 valence electrons. The highest BCUT2D eigenvalue weighted by molar-refractivity contribution is 7.90. The van der Waals surface area contributed by atoms with Crippen LogP contribution in [0.5, 0.6) is 5.75 Å². The lowest BCUT2D eigenvalue weighted by Gasteiger charge is -2.52. The van der Waals surface area contributed by atoms with Crippen LogP contribution in [0.1, 0.15) is 93.6 Å². The van der Waals surface area contributed by atoms with Gasteiger partial charge in [-0.15, -0.1) is 0 Å². The highest BCUT2D eigenvalue weighted by Crippen LogP contribution is 2.48. The Morgan fingerprint density at radius 3 is 2.38 bits per heavy atom. The normalized spacial score (nSPS) is 28.8. The summed E-state index contributed by atoms with van der Waals surface area (Å²) in [5.41, 5.74) is 3.26. The van der Waals surface area contributed by atoms with Crippen molar-refractivity contribution < 1.29 is 32.2 Å². The third-order valence-electron chi connectivity index (χ3n) is 13.5. The SMILES string of the molecule is CCCc1ccccc1C1COc2ccc3cc2N(C1)CC1CCC1C(CN1CCC(N(CCOC)CCOC)CC1)(OCC)/C=C/CC(C)C(C)S(=O)(=O)NC3=O. The van der Waals surface area contributed by atoms with Crippen molar-refractivity contribution in [3.8, 4) is 5.75 Å². The van der Waals surface area contributed by atoms with Gasteiger partial charge in [0, 0.05) is 71.1 Å². The van der Waals surface area contributed by atoms with Gasteiger partial charge in [0.25, 0.3) is 5.91 Å². The van der Waals surface area contributed by atoms with Crippen LogP contribution in [0.4, 0.5) is 5.69 Å². The molecular formula is C46H70N4O7S. The predicted octanol–water partition coefficient (Wildman–Crippen LogP) is 6.53. The molecule has 1 N–H and O–H groups in total. The van der Waals surface area contributed by atoms with Crippen molar-refractivity contribution in [2.75, 3.05) is 91.4 Å². The van der Waals surface area contributed by atoms with Gasteiger partial charge in [-0.05, 0) is 113 Å². The first kappa shape index (κ1) is 44.5. The number of methoxy groups -OCH3 is 2. The number of sulfonamides is 1. The molecule has 0 radical (unpaired) electrons. The van der Waals surface area contributed by atoms with E-state index in [0.29, 0.717) is 50.4 Å². The second kappa shape index (κ2) is 20.5. The van der Waals surface area contributed by atoms with Crippen LogP contribution in [0.25, 0.3) is 0 Å². The zero-order valence-corrected chi connectivity index (χ0v) is 36.8. The van der Waals surface area contributed by atoms with Crippen molar-refractivity contribution in [3.63, 3.8) is 0 Å². The van der Waals surface area contributed by atoms with Crippen molar-refractivity contribution >= 4 is 21.6 Å². The molecule has 2 aromatic rings. The Kier molecular flexibility index (Phi) is 15.8. The molecule has 2 bridgehead atoms. The molecule has 6 rings (SSSR count). The number of nitrogens with one attached hydrogen (secondary N) is 1. The summed E-state index contributed by atoms with van der Waals surface area (Å²) in [6, 6.07) is 14.6. The summed E-state index contributed by atoms with van der Waals surface area (Å²) < 4.78 is 54.4. The minimum atomic E-state index is -3.96. The summed E-state index contributed by atoms with van der Waals surface area (Å²) in [5.74, 6) is 0.597. The molecule has 3 aliphatic heterocycles. The van der Waals surface area contributed by atoms with E-state index in [1.165, 1.54) is 11.1 Å². The number of rotatable bonds is 14. The molecule has 1 saturated heterocycles. The number of piperidine rings is 1. The molecule has 4 aliphatic rings. The van der Waals surface area contributed by atoms with Gasteiger partial charge in [-0.2, -0.15) is 0 Å². The van der Waals surface area contributed by atoms with E-state index in [1.54, 1.807) is 27.2 Å². The first-order chi connectivity index (χ1) is 28.0. The smallest absolute Gasteiger partial charge is 0.264 e. The molecule has 1 aliphatic carbocycles. The van der Waals surface area contributed by atoms with E-state index in [0.717, 1.165) is 95.8 Å². The van der Waals surface area contributed by atoms with Crippen LogP contribution in [0.3, 0.4) is 0 Å². The monoisotopic (exact) mass is 822 g/mol. The molecule has 1 amide bonds. The minimum Gasteiger partial charge on any atom is -0.491 e. The van der Waals surface area contributed by atoms with Crippen LogP contribution in [0, 0.1) is 17.8 Å². The summed E-state index contributed by atoms with van der Waals surface area (Å²) in [6.45, 7) is 16.5. The van der Waals surface area contributed by atoms with Gasteiger partial charge in [-0.3, -0.25) is 9.69 Å². The summed E-state index contributed by atoms with van der Waals surface area (Å²) in [7, 11) is -0.436. The zero-order chi connectivity index (χ0) is 41.3. The first-order valence-corrected chi connectivity index (χ1v) is 23.5. The number of nitrogens with zero attached hydrogens (tertiary/aromatic N) is 3. The average Bonchev–Trinajstić information content (AvgIpc) is 3.38. The van der Waals surface area contributed by atoms with E-state index in [-0.39, 0.29) is 17.8 Å². The average molecular weight is 823 g/mol. The first-order valence-electron chi connectivity index (χ1n) is 21.9. The largest absolute Gasteiger partial charge is 0.491 e. The summed E-state index contributed by atoms with van der Waals surface area (Å²) in [5, 5.41) is -0.783. The molecule has 11 nitrogen and oxygen atoms in total. The number of hydrogen-bond donors (Lipinski definition) is 1. The van der Waals surface area contributed by atoms with E-state index >= 15 is 0 Å². The third-order valence-corrected chi connectivity index (χ3v) is 15.4. The number of allylic oxidation sites excluding steroid dienone is 1. The summed E-state index contributed by atoms with van der Waals surface area (Å²) in [4.78, 5) is 21.2. The molecule has 2 fully saturated rings. The molecule has 3 heterocycles. The van der Waals surface area contributed by atoms with Gasteiger partial charge in [0.15, 0.2) is 0 Å². The third kappa shape index (κ3) is 10.5. The summed E-state index contributed by atoms with van der Waals surface area (Å²) in [6.07, 6.45) is 11.3. The highest BCUT2D eigenvalue weighted by atomic mass is 32.2. The number of carbonyl (C=O) groups is 1. The molecule has 12 heteroatoms. The maximum atomic E-state index is 13.7. The van der Waals surface area contributed by atoms with Crippen LogP contribution in [0.15, 0.2) is 54.6 Å². The Morgan fingerprint density at radius 2 is 1.71 bits per heavy atom. The Balaban J connectivity index is 1.35. The molecule has 0 aromatic heterocycles. The van der Waals surface area contributed by atoms with Crippen LogP contribution >= 0.6 is 0 Å². The number of aryl methyl sites for hydroxylation is 1. The fraction of sp³-hybridized carbons (Fsp3) is 0.674. The second-order valence-corrected chi connectivity index (χ2v) is 19.2. The van der Waals surface area contributed by atoms with E-state index < -0.39 is 26.8 Å². The maximum Gasteiger partial charge on any atom is 0.264 e. The van der Waals surface area contributed by atoms with Crippen molar-refractivity contribution in [2.45, 2.75) is 95.5 Å². The van der Waals surface area contributed by atoms with E-state index in [4.69, 9.17) is 18.9 Å². The molecule has 1 saturated carbocycles. The lowest BCUT2D eigenvalue weighted by molar-refractivity contribution is -0.112. The molecule has 6 atom stereocenters. The van der Waals surface area contributed by atoms with Crippen LogP contribution in [0.2, 0.25) is 0 Å². The van der Waals surface area contributed by atoms with Gasteiger partial charge < -0.3 is 28.7 Å². The van der Waals surface area contributed by atoms with Crippen molar-refractivity contribution in [1.82, 2.24) is 14.5 Å². The van der Waals surface area contributed by atoms with Gasteiger partial charge in [-0.1, -0.05) is 56.7 Å². The molecule has 6 unspecified atom stereocenters. The standard InChI is InChI=1S/C46H70N4O7S/c1-7-12-36-14-9-10-15-41(36)39-31-50-30-38-16-18-42(38)46(57-8-2,33-48-23-20-40(21-24-48)49(25-27-54-5)26-28-55-6)22-11-13-34(3)35(4)58(52,53)47-45(51)37-17-19-44(56-32-39)43(50)29-37/h9-11,14-15,17,19,22,29,34-35,38-40,42H,7-8,12-13,16,18,20-21,23-28,30-33H2,1-6H3,(H,47,51)/b22-11+. The van der Waals surface area contributed by atoms with Gasteiger partial charge in [-0.25, -0.2) is 13.1 Å². The quantitative estimate of drug-likeness (QED) is 0.212. The Bertz CT molecular complexity index is 1770. The van der Waals surface area contributed by atoms with Gasteiger partial charge >= 0.3 is 0 Å². The topological polar surface area (TPSA) is 110 Å².